The molecule has 0 bridgehead atoms. The van der Waals surface area contributed by atoms with Gasteiger partial charge >= 0.3 is 7.12 Å². The molecule has 3 heterocycles. The van der Waals surface area contributed by atoms with Crippen LogP contribution in [0.2, 0.25) is 0 Å². The fourth-order valence-electron chi connectivity index (χ4n) is 7.82. The maximum absolute atomic E-state index is 6.76. The van der Waals surface area contributed by atoms with Crippen LogP contribution >= 0.6 is 0 Å². The molecule has 1 saturated heterocycles. The van der Waals surface area contributed by atoms with Crippen molar-refractivity contribution < 1.29 is 9.31 Å². The monoisotopic (exact) mass is 531 g/mol. The molecular weight excluding hydrogens is 501 g/mol. The van der Waals surface area contributed by atoms with Crippen LogP contribution < -0.4 is 5.46 Å². The Labute approximate surface area is 240 Å². The second-order valence-corrected chi connectivity index (χ2v) is 12.7. The average Bonchev–Trinajstić information content (AvgIpc) is 3.55. The lowest BCUT2D eigenvalue weighted by Crippen LogP contribution is -2.44. The molecule has 1 aliphatic carbocycles. The maximum Gasteiger partial charge on any atom is 0.495 e. The molecule has 1 aromatic heterocycles. The summed E-state index contributed by atoms with van der Waals surface area (Å²) in [5, 5.41) is 2.56. The third-order valence-electron chi connectivity index (χ3n) is 10.2. The Hall–Kier alpha value is -4.12. The van der Waals surface area contributed by atoms with Gasteiger partial charge in [-0.05, 0) is 78.7 Å². The van der Waals surface area contributed by atoms with Gasteiger partial charge in [0.05, 0.1) is 33.3 Å². The minimum atomic E-state index is -0.521. The number of hydrogen-bond acceptors (Lipinski definition) is 2. The van der Waals surface area contributed by atoms with Gasteiger partial charge < -0.3 is 13.9 Å². The first-order valence-electron chi connectivity index (χ1n) is 14.6. The minimum Gasteiger partial charge on any atom is -0.399 e. The summed E-state index contributed by atoms with van der Waals surface area (Å²) in [6.07, 6.45) is 0. The highest BCUT2D eigenvalue weighted by Crippen LogP contribution is 2.60. The Balaban J connectivity index is 1.48. The lowest BCUT2D eigenvalue weighted by atomic mass is 9.60. The van der Waals surface area contributed by atoms with Gasteiger partial charge in [-0.3, -0.25) is 0 Å². The molecule has 1 spiro atoms. The molecule has 2 aliphatic heterocycles. The number of rotatable bonds is 1. The van der Waals surface area contributed by atoms with E-state index in [0.29, 0.717) is 0 Å². The molecule has 0 radical (unpaired) electrons. The largest absolute Gasteiger partial charge is 0.495 e. The second-order valence-electron chi connectivity index (χ2n) is 12.7. The van der Waals surface area contributed by atoms with Crippen molar-refractivity contribution in [2.45, 2.75) is 44.3 Å². The zero-order valence-corrected chi connectivity index (χ0v) is 23.7. The van der Waals surface area contributed by atoms with Crippen LogP contribution in [0.5, 0.6) is 0 Å². The molecule has 3 aliphatic rings. The first kappa shape index (κ1) is 23.6. The minimum absolute atomic E-state index is 0.435. The topological polar surface area (TPSA) is 23.4 Å². The van der Waals surface area contributed by atoms with Gasteiger partial charge in [-0.2, -0.15) is 0 Å². The Morgan fingerprint density at radius 2 is 1.17 bits per heavy atom. The molecule has 3 nitrogen and oxygen atoms in total. The molecule has 9 rings (SSSR count). The van der Waals surface area contributed by atoms with Crippen molar-refractivity contribution in [3.8, 4) is 16.8 Å². The zero-order chi connectivity index (χ0) is 27.7. The Morgan fingerprint density at radius 3 is 2.00 bits per heavy atom. The van der Waals surface area contributed by atoms with Crippen molar-refractivity contribution in [3.63, 3.8) is 0 Å². The first-order valence-corrected chi connectivity index (χ1v) is 14.6. The number of aromatic nitrogens is 1. The predicted molar refractivity (Wildman–Crippen MR) is 167 cm³/mol. The molecule has 4 heteroatoms. The quantitative estimate of drug-likeness (QED) is 0.202. The predicted octanol–water partition coefficient (Wildman–Crippen LogP) is 7.76. The molecule has 1 atom stereocenters. The van der Waals surface area contributed by atoms with Crippen LogP contribution in [0.15, 0.2) is 109 Å². The summed E-state index contributed by atoms with van der Waals surface area (Å²) >= 11 is 0. The molecule has 198 valence electrons. The number of hydrogen-bond donors (Lipinski definition) is 0. The lowest BCUT2D eigenvalue weighted by Gasteiger charge is -2.40. The summed E-state index contributed by atoms with van der Waals surface area (Å²) < 4.78 is 16.0. The van der Waals surface area contributed by atoms with Gasteiger partial charge in [-0.25, -0.2) is 0 Å². The van der Waals surface area contributed by atoms with Gasteiger partial charge in [0.2, 0.25) is 0 Å². The van der Waals surface area contributed by atoms with Crippen LogP contribution in [-0.2, 0) is 14.7 Å². The van der Waals surface area contributed by atoms with E-state index in [2.05, 4.69) is 141 Å². The Morgan fingerprint density at radius 1 is 0.561 bits per heavy atom. The first-order chi connectivity index (χ1) is 19.8. The summed E-state index contributed by atoms with van der Waals surface area (Å²) in [6, 6.07) is 40.3. The van der Waals surface area contributed by atoms with E-state index in [1.54, 1.807) is 0 Å². The third kappa shape index (κ3) is 2.68. The molecule has 0 saturated carbocycles. The maximum atomic E-state index is 6.76. The van der Waals surface area contributed by atoms with Crippen LogP contribution in [0.3, 0.4) is 0 Å². The van der Waals surface area contributed by atoms with Crippen LogP contribution in [-0.4, -0.2) is 22.9 Å². The van der Waals surface area contributed by atoms with Crippen molar-refractivity contribution in [2.24, 2.45) is 0 Å². The van der Waals surface area contributed by atoms with Crippen LogP contribution in [0, 0.1) is 0 Å². The van der Waals surface area contributed by atoms with E-state index in [9.17, 15) is 0 Å². The van der Waals surface area contributed by atoms with Gasteiger partial charge in [0.1, 0.15) is 0 Å². The summed E-state index contributed by atoms with van der Waals surface area (Å²) in [6.45, 7) is 8.54. The summed E-state index contributed by atoms with van der Waals surface area (Å²) in [7, 11) is -0.472. The normalized spacial score (nSPS) is 20.9. The fraction of sp³-hybridized carbons (Fsp3) is 0.189. The number of nitrogens with zero attached hydrogens (tertiary/aromatic N) is 1. The SMILES string of the molecule is CC1(C)OB(c2cccc3c2C2(c4ccccc4-3)c3ccccc3-n3c4ccccc4c4cccc2c43)OC1(C)C. The number of para-hydroxylation sites is 3. The standard InChI is InChI=1S/C37H30BNO2/c1-35(2)36(3,4)41-38(40-35)30-20-12-15-25-23-13-5-7-17-27(23)37(33(25)30)28-18-8-10-22-32(28)39-31-21-9-6-14-24(31)26-16-11-19-29(37)34(26)39/h5-22H,1-4H3. The average molecular weight is 531 g/mol. The van der Waals surface area contributed by atoms with E-state index in [4.69, 9.17) is 9.31 Å². The molecule has 0 amide bonds. The molecular formula is C37H30BNO2. The summed E-state index contributed by atoms with van der Waals surface area (Å²) in [4.78, 5) is 0. The third-order valence-corrected chi connectivity index (χ3v) is 10.2. The highest BCUT2D eigenvalue weighted by Gasteiger charge is 2.57. The van der Waals surface area contributed by atoms with E-state index in [1.165, 1.54) is 60.9 Å². The van der Waals surface area contributed by atoms with Crippen molar-refractivity contribution in [1.29, 1.82) is 0 Å². The lowest BCUT2D eigenvalue weighted by molar-refractivity contribution is 0.00578. The summed E-state index contributed by atoms with van der Waals surface area (Å²) in [5.74, 6) is 0. The van der Waals surface area contributed by atoms with Crippen LogP contribution in [0.1, 0.15) is 49.9 Å². The highest BCUT2D eigenvalue weighted by atomic mass is 16.7. The zero-order valence-electron chi connectivity index (χ0n) is 23.7. The summed E-state index contributed by atoms with van der Waals surface area (Å²) in [5.41, 5.74) is 11.2. The van der Waals surface area contributed by atoms with Crippen molar-refractivity contribution in [3.05, 3.63) is 131 Å². The van der Waals surface area contributed by atoms with Crippen LogP contribution in [0.25, 0.3) is 38.6 Å². The van der Waals surface area contributed by atoms with Gasteiger partial charge in [-0.1, -0.05) is 97.1 Å². The van der Waals surface area contributed by atoms with E-state index in [-0.39, 0.29) is 0 Å². The van der Waals surface area contributed by atoms with Gasteiger partial charge in [0, 0.05) is 10.8 Å². The smallest absolute Gasteiger partial charge is 0.399 e. The Kier molecular flexibility index (Phi) is 4.36. The molecule has 1 unspecified atom stereocenters. The van der Waals surface area contributed by atoms with Crippen molar-refractivity contribution in [2.75, 3.05) is 0 Å². The molecule has 0 N–H and O–H groups in total. The molecule has 6 aromatic rings. The number of benzene rings is 5. The molecule has 41 heavy (non-hydrogen) atoms. The fourth-order valence-corrected chi connectivity index (χ4v) is 7.82. The van der Waals surface area contributed by atoms with Crippen molar-refractivity contribution >= 4 is 34.4 Å². The Bertz CT molecular complexity index is 2070. The van der Waals surface area contributed by atoms with Gasteiger partial charge in [0.25, 0.3) is 0 Å². The van der Waals surface area contributed by atoms with E-state index in [0.717, 1.165) is 5.46 Å². The van der Waals surface area contributed by atoms with Crippen LogP contribution in [0.4, 0.5) is 0 Å². The second kappa shape index (κ2) is 7.58. The van der Waals surface area contributed by atoms with E-state index >= 15 is 0 Å². The molecule has 5 aromatic carbocycles. The van der Waals surface area contributed by atoms with Gasteiger partial charge in [0.15, 0.2) is 0 Å². The van der Waals surface area contributed by atoms with E-state index < -0.39 is 23.7 Å². The number of fused-ring (bicyclic) bond motifs is 12. The van der Waals surface area contributed by atoms with E-state index in [1.807, 2.05) is 0 Å². The van der Waals surface area contributed by atoms with Gasteiger partial charge in [-0.15, -0.1) is 0 Å². The van der Waals surface area contributed by atoms with Crippen molar-refractivity contribution in [1.82, 2.24) is 4.57 Å². The highest BCUT2D eigenvalue weighted by molar-refractivity contribution is 6.63. The molecule has 1 fully saturated rings.